The zero-order valence-electron chi connectivity index (χ0n) is 9.41. The number of sulfonamides is 1. The van der Waals surface area contributed by atoms with Gasteiger partial charge in [-0.15, -0.1) is 0 Å². The van der Waals surface area contributed by atoms with E-state index in [4.69, 9.17) is 21.6 Å². The van der Waals surface area contributed by atoms with E-state index in [1.807, 2.05) is 6.07 Å². The van der Waals surface area contributed by atoms with Crippen molar-refractivity contribution in [2.75, 3.05) is 19.7 Å². The lowest BCUT2D eigenvalue weighted by Gasteiger charge is -2.28. The smallest absolute Gasteiger partial charge is 0.243 e. The van der Waals surface area contributed by atoms with Gasteiger partial charge in [-0.1, -0.05) is 17.7 Å². The Morgan fingerprint density at radius 3 is 2.94 bits per heavy atom. The van der Waals surface area contributed by atoms with E-state index in [2.05, 4.69) is 0 Å². The fraction of sp³-hybridized carbons (Fsp3) is 0.364. The summed E-state index contributed by atoms with van der Waals surface area (Å²) in [6, 6.07) is 7.99. The van der Waals surface area contributed by atoms with Crippen LogP contribution in [0, 0.1) is 11.3 Å². The predicted molar refractivity (Wildman–Crippen MR) is 65.6 cm³/mol. The van der Waals surface area contributed by atoms with Crippen LogP contribution in [0.3, 0.4) is 0 Å². The molecule has 5 nitrogen and oxygen atoms in total. The molecule has 0 spiro atoms. The topological polar surface area (TPSA) is 70.4 Å². The number of rotatable bonds is 2. The average Bonchev–Trinajstić information content (AvgIpc) is 2.39. The van der Waals surface area contributed by atoms with Crippen LogP contribution >= 0.6 is 11.6 Å². The van der Waals surface area contributed by atoms with Crippen molar-refractivity contribution in [2.24, 2.45) is 0 Å². The summed E-state index contributed by atoms with van der Waals surface area (Å²) in [5.74, 6) is 0. The first-order chi connectivity index (χ1) is 8.54. The minimum atomic E-state index is -3.61. The Hall–Kier alpha value is -1.13. The van der Waals surface area contributed by atoms with E-state index in [-0.39, 0.29) is 24.6 Å². The quantitative estimate of drug-likeness (QED) is 0.820. The lowest BCUT2D eigenvalue weighted by molar-refractivity contribution is 0.0311. The number of hydrogen-bond donors (Lipinski definition) is 0. The Balaban J connectivity index is 2.29. The van der Waals surface area contributed by atoms with Gasteiger partial charge in [0.05, 0.1) is 24.1 Å². The van der Waals surface area contributed by atoms with Crippen LogP contribution in [0.5, 0.6) is 0 Å². The monoisotopic (exact) mass is 286 g/mol. The van der Waals surface area contributed by atoms with Crippen molar-refractivity contribution in [2.45, 2.75) is 11.0 Å². The maximum atomic E-state index is 12.3. The second-order valence-corrected chi connectivity index (χ2v) is 6.18. The van der Waals surface area contributed by atoms with Crippen LogP contribution < -0.4 is 0 Å². The van der Waals surface area contributed by atoms with Gasteiger partial charge < -0.3 is 4.74 Å². The third-order valence-electron chi connectivity index (χ3n) is 2.61. The molecule has 0 aliphatic carbocycles. The van der Waals surface area contributed by atoms with Crippen molar-refractivity contribution in [1.29, 1.82) is 5.26 Å². The van der Waals surface area contributed by atoms with Crippen LogP contribution in [0.25, 0.3) is 0 Å². The van der Waals surface area contributed by atoms with Gasteiger partial charge in [-0.2, -0.15) is 9.57 Å². The zero-order chi connectivity index (χ0) is 13.2. The summed E-state index contributed by atoms with van der Waals surface area (Å²) in [6.07, 6.45) is -0.715. The van der Waals surface area contributed by atoms with Crippen LogP contribution in [0.1, 0.15) is 0 Å². The van der Waals surface area contributed by atoms with Gasteiger partial charge in [0, 0.05) is 11.6 Å². The van der Waals surface area contributed by atoms with Gasteiger partial charge in [0.25, 0.3) is 0 Å². The molecule has 2 rings (SSSR count). The number of ether oxygens (including phenoxy) is 1. The molecule has 0 bridgehead atoms. The zero-order valence-corrected chi connectivity index (χ0v) is 11.0. The molecule has 1 aromatic rings. The molecule has 1 aliphatic rings. The highest BCUT2D eigenvalue weighted by molar-refractivity contribution is 7.89. The number of hydrogen-bond acceptors (Lipinski definition) is 4. The second kappa shape index (κ2) is 5.24. The van der Waals surface area contributed by atoms with Gasteiger partial charge in [-0.25, -0.2) is 8.42 Å². The molecule has 0 saturated carbocycles. The number of nitriles is 1. The SMILES string of the molecule is N#CC1CN(S(=O)(=O)c2cccc(Cl)c2)CCO1. The molecule has 7 heteroatoms. The van der Waals surface area contributed by atoms with E-state index in [1.165, 1.54) is 16.4 Å². The van der Waals surface area contributed by atoms with E-state index < -0.39 is 16.1 Å². The highest BCUT2D eigenvalue weighted by Crippen LogP contribution is 2.21. The van der Waals surface area contributed by atoms with E-state index in [0.717, 1.165) is 0 Å². The first-order valence-electron chi connectivity index (χ1n) is 5.31. The van der Waals surface area contributed by atoms with E-state index in [1.54, 1.807) is 12.1 Å². The van der Waals surface area contributed by atoms with Crippen molar-refractivity contribution in [3.8, 4) is 6.07 Å². The van der Waals surface area contributed by atoms with Crippen LogP contribution in [-0.2, 0) is 14.8 Å². The standard InChI is InChI=1S/C11H11ClN2O3S/c12-9-2-1-3-11(6-9)18(15,16)14-4-5-17-10(7-13)8-14/h1-3,6,10H,4-5,8H2. The predicted octanol–water partition coefficient (Wildman–Crippen LogP) is 1.25. The third kappa shape index (κ3) is 2.65. The molecule has 1 atom stereocenters. The maximum absolute atomic E-state index is 12.3. The molecular formula is C11H11ClN2O3S. The van der Waals surface area contributed by atoms with Gasteiger partial charge in [-0.05, 0) is 18.2 Å². The second-order valence-electron chi connectivity index (χ2n) is 3.81. The Bertz CT molecular complexity index is 582. The Morgan fingerprint density at radius 1 is 1.50 bits per heavy atom. The van der Waals surface area contributed by atoms with Crippen LogP contribution in [0.4, 0.5) is 0 Å². The molecule has 0 N–H and O–H groups in total. The minimum absolute atomic E-state index is 0.0470. The molecular weight excluding hydrogens is 276 g/mol. The Labute approximate surface area is 111 Å². The van der Waals surface area contributed by atoms with E-state index >= 15 is 0 Å². The Morgan fingerprint density at radius 2 is 2.28 bits per heavy atom. The summed E-state index contributed by atoms with van der Waals surface area (Å²) >= 11 is 5.79. The highest BCUT2D eigenvalue weighted by atomic mass is 35.5. The molecule has 0 aromatic heterocycles. The van der Waals surface area contributed by atoms with E-state index in [9.17, 15) is 8.42 Å². The van der Waals surface area contributed by atoms with Gasteiger partial charge in [-0.3, -0.25) is 0 Å². The summed E-state index contributed by atoms with van der Waals surface area (Å²) in [6.45, 7) is 0.510. The molecule has 1 unspecified atom stereocenters. The average molecular weight is 287 g/mol. The summed E-state index contributed by atoms with van der Waals surface area (Å²) < 4.78 is 31.0. The minimum Gasteiger partial charge on any atom is -0.361 e. The first-order valence-corrected chi connectivity index (χ1v) is 7.13. The molecule has 0 radical (unpaired) electrons. The fourth-order valence-electron chi connectivity index (χ4n) is 1.70. The van der Waals surface area contributed by atoms with Gasteiger partial charge in [0.15, 0.2) is 6.10 Å². The maximum Gasteiger partial charge on any atom is 0.243 e. The summed E-state index contributed by atoms with van der Waals surface area (Å²) in [5.41, 5.74) is 0. The fourth-order valence-corrected chi connectivity index (χ4v) is 3.42. The number of benzene rings is 1. The van der Waals surface area contributed by atoms with Gasteiger partial charge >= 0.3 is 0 Å². The molecule has 1 aliphatic heterocycles. The van der Waals surface area contributed by atoms with Crippen molar-refractivity contribution in [1.82, 2.24) is 4.31 Å². The molecule has 96 valence electrons. The van der Waals surface area contributed by atoms with Gasteiger partial charge in [0.1, 0.15) is 0 Å². The third-order valence-corrected chi connectivity index (χ3v) is 4.70. The number of morpholine rings is 1. The summed E-state index contributed by atoms with van der Waals surface area (Å²) in [4.78, 5) is 0.133. The van der Waals surface area contributed by atoms with Crippen LogP contribution in [0.15, 0.2) is 29.2 Å². The lowest BCUT2D eigenvalue weighted by atomic mass is 10.3. The first kappa shape index (κ1) is 13.3. The van der Waals surface area contributed by atoms with E-state index in [0.29, 0.717) is 5.02 Å². The summed E-state index contributed by atoms with van der Waals surface area (Å²) in [5, 5.41) is 9.13. The number of halogens is 1. The Kier molecular flexibility index (Phi) is 3.88. The van der Waals surface area contributed by atoms with Gasteiger partial charge in [0.2, 0.25) is 10.0 Å². The molecule has 0 amide bonds. The van der Waals surface area contributed by atoms with Crippen molar-refractivity contribution < 1.29 is 13.2 Å². The molecule has 18 heavy (non-hydrogen) atoms. The molecule has 1 aromatic carbocycles. The molecule has 1 heterocycles. The van der Waals surface area contributed by atoms with Crippen molar-refractivity contribution in [3.05, 3.63) is 29.3 Å². The van der Waals surface area contributed by atoms with Crippen LogP contribution in [0.2, 0.25) is 5.02 Å². The van der Waals surface area contributed by atoms with Crippen molar-refractivity contribution in [3.63, 3.8) is 0 Å². The van der Waals surface area contributed by atoms with Crippen molar-refractivity contribution >= 4 is 21.6 Å². The summed E-state index contributed by atoms with van der Waals surface area (Å²) in [7, 11) is -3.61. The number of nitrogens with zero attached hydrogens (tertiary/aromatic N) is 2. The lowest BCUT2D eigenvalue weighted by Crippen LogP contribution is -2.44. The molecule has 1 saturated heterocycles. The normalized spacial score (nSPS) is 21.4. The largest absolute Gasteiger partial charge is 0.361 e. The highest BCUT2D eigenvalue weighted by Gasteiger charge is 2.30. The molecule has 1 fully saturated rings. The van der Waals surface area contributed by atoms with Crippen LogP contribution in [-0.4, -0.2) is 38.5 Å².